The van der Waals surface area contributed by atoms with E-state index in [4.69, 9.17) is 19.7 Å². The second-order valence-electron chi connectivity index (χ2n) is 5.77. The van der Waals surface area contributed by atoms with Crippen LogP contribution in [-0.4, -0.2) is 36.0 Å². The number of hydrogen-bond acceptors (Lipinski definition) is 6. The third-order valence-electron chi connectivity index (χ3n) is 4.39. The Labute approximate surface area is 119 Å². The summed E-state index contributed by atoms with van der Waals surface area (Å²) >= 11 is 0. The first-order valence-electron chi connectivity index (χ1n) is 7.55. The van der Waals surface area contributed by atoms with Crippen molar-refractivity contribution >= 4 is 0 Å². The van der Waals surface area contributed by atoms with E-state index in [1.165, 1.54) is 0 Å². The van der Waals surface area contributed by atoms with Crippen molar-refractivity contribution in [1.82, 2.24) is 10.1 Å². The molecular weight excluding hydrogens is 258 g/mol. The summed E-state index contributed by atoms with van der Waals surface area (Å²) in [5.41, 5.74) is 5.52. The highest BCUT2D eigenvalue weighted by atomic mass is 16.5. The zero-order valence-corrected chi connectivity index (χ0v) is 12.0. The topological polar surface area (TPSA) is 83.4 Å². The molecule has 1 aromatic heterocycles. The summed E-state index contributed by atoms with van der Waals surface area (Å²) < 4.78 is 16.9. The van der Waals surface area contributed by atoms with Gasteiger partial charge in [0.2, 0.25) is 11.7 Å². The molecule has 20 heavy (non-hydrogen) atoms. The Morgan fingerprint density at radius 3 is 2.80 bits per heavy atom. The SMILES string of the molecule is CCOC1(c2noc([C@@H]3CC[C@H](N)C3)n2)CCOCC1. The van der Waals surface area contributed by atoms with Crippen molar-refractivity contribution in [3.05, 3.63) is 11.7 Å². The van der Waals surface area contributed by atoms with Gasteiger partial charge in [0.15, 0.2) is 0 Å². The molecule has 1 saturated heterocycles. The van der Waals surface area contributed by atoms with E-state index in [9.17, 15) is 0 Å². The molecule has 2 N–H and O–H groups in total. The van der Waals surface area contributed by atoms with Crippen molar-refractivity contribution in [2.75, 3.05) is 19.8 Å². The molecule has 1 saturated carbocycles. The molecule has 2 heterocycles. The van der Waals surface area contributed by atoms with E-state index in [-0.39, 0.29) is 6.04 Å². The number of nitrogens with two attached hydrogens (primary N) is 1. The molecule has 2 fully saturated rings. The number of ether oxygens (including phenoxy) is 2. The minimum Gasteiger partial charge on any atom is -0.381 e. The largest absolute Gasteiger partial charge is 0.381 e. The van der Waals surface area contributed by atoms with Crippen LogP contribution >= 0.6 is 0 Å². The van der Waals surface area contributed by atoms with Gasteiger partial charge < -0.3 is 19.7 Å². The molecule has 112 valence electrons. The van der Waals surface area contributed by atoms with E-state index >= 15 is 0 Å². The van der Waals surface area contributed by atoms with Crippen molar-refractivity contribution in [2.24, 2.45) is 5.73 Å². The van der Waals surface area contributed by atoms with Crippen LogP contribution in [0.3, 0.4) is 0 Å². The lowest BCUT2D eigenvalue weighted by Crippen LogP contribution is -2.37. The van der Waals surface area contributed by atoms with Crippen LogP contribution in [0.1, 0.15) is 56.7 Å². The predicted octanol–water partition coefficient (Wildman–Crippen LogP) is 1.71. The zero-order valence-electron chi connectivity index (χ0n) is 12.0. The molecule has 6 nitrogen and oxygen atoms in total. The fraction of sp³-hybridized carbons (Fsp3) is 0.857. The molecule has 2 aliphatic rings. The van der Waals surface area contributed by atoms with Crippen molar-refractivity contribution in [2.45, 2.75) is 56.6 Å². The van der Waals surface area contributed by atoms with E-state index in [0.29, 0.717) is 31.6 Å². The fourth-order valence-electron chi connectivity index (χ4n) is 3.24. The third-order valence-corrected chi connectivity index (χ3v) is 4.39. The van der Waals surface area contributed by atoms with E-state index in [2.05, 4.69) is 10.1 Å². The van der Waals surface area contributed by atoms with E-state index in [0.717, 1.165) is 38.0 Å². The van der Waals surface area contributed by atoms with Crippen LogP contribution in [0.5, 0.6) is 0 Å². The monoisotopic (exact) mass is 281 g/mol. The van der Waals surface area contributed by atoms with Crippen LogP contribution in [0, 0.1) is 0 Å². The molecule has 1 aliphatic carbocycles. The van der Waals surface area contributed by atoms with Crippen molar-refractivity contribution < 1.29 is 14.0 Å². The third kappa shape index (κ3) is 2.60. The van der Waals surface area contributed by atoms with Gasteiger partial charge in [0.1, 0.15) is 5.60 Å². The van der Waals surface area contributed by atoms with Gasteiger partial charge in [0.25, 0.3) is 0 Å². The number of aromatic nitrogens is 2. The van der Waals surface area contributed by atoms with Gasteiger partial charge in [-0.15, -0.1) is 0 Å². The Bertz CT molecular complexity index is 437. The standard InChI is InChI=1S/C14H23N3O3/c1-2-19-14(5-7-18-8-6-14)13-16-12(20-17-13)10-3-4-11(15)9-10/h10-11H,2-9,15H2,1H3/t10-,11+/m1/s1. The summed E-state index contributed by atoms with van der Waals surface area (Å²) in [6, 6.07) is 0.263. The van der Waals surface area contributed by atoms with Crippen LogP contribution in [0.4, 0.5) is 0 Å². The lowest BCUT2D eigenvalue weighted by Gasteiger charge is -2.33. The van der Waals surface area contributed by atoms with Gasteiger partial charge in [-0.05, 0) is 26.2 Å². The highest BCUT2D eigenvalue weighted by Gasteiger charge is 2.40. The second-order valence-corrected chi connectivity index (χ2v) is 5.77. The molecule has 1 aliphatic heterocycles. The van der Waals surface area contributed by atoms with Gasteiger partial charge in [0.05, 0.1) is 0 Å². The van der Waals surface area contributed by atoms with Crippen LogP contribution in [0.15, 0.2) is 4.52 Å². The quantitative estimate of drug-likeness (QED) is 0.904. The predicted molar refractivity (Wildman–Crippen MR) is 72.2 cm³/mol. The second kappa shape index (κ2) is 5.79. The summed E-state index contributed by atoms with van der Waals surface area (Å²) in [6.45, 7) is 3.99. The molecule has 6 heteroatoms. The van der Waals surface area contributed by atoms with Crippen LogP contribution in [-0.2, 0) is 15.1 Å². The van der Waals surface area contributed by atoms with Crippen LogP contribution in [0.25, 0.3) is 0 Å². The Kier molecular flexibility index (Phi) is 4.05. The van der Waals surface area contributed by atoms with Crippen LogP contribution in [0.2, 0.25) is 0 Å². The van der Waals surface area contributed by atoms with E-state index < -0.39 is 5.60 Å². The van der Waals surface area contributed by atoms with E-state index in [1.54, 1.807) is 0 Å². The Morgan fingerprint density at radius 2 is 2.15 bits per heavy atom. The summed E-state index contributed by atoms with van der Waals surface area (Å²) in [5, 5.41) is 4.19. The minimum absolute atomic E-state index is 0.263. The average molecular weight is 281 g/mol. The zero-order chi connectivity index (χ0) is 14.0. The smallest absolute Gasteiger partial charge is 0.229 e. The van der Waals surface area contributed by atoms with Gasteiger partial charge in [-0.2, -0.15) is 4.98 Å². The number of hydrogen-bond donors (Lipinski definition) is 1. The summed E-state index contributed by atoms with van der Waals surface area (Å²) in [5.74, 6) is 1.71. The van der Waals surface area contributed by atoms with Gasteiger partial charge in [-0.1, -0.05) is 5.16 Å². The minimum atomic E-state index is -0.435. The summed E-state index contributed by atoms with van der Waals surface area (Å²) in [7, 11) is 0. The normalized spacial score (nSPS) is 29.7. The number of nitrogens with zero attached hydrogens (tertiary/aromatic N) is 2. The first kappa shape index (κ1) is 14.0. The van der Waals surface area contributed by atoms with E-state index in [1.807, 2.05) is 6.92 Å². The Hall–Kier alpha value is -0.980. The average Bonchev–Trinajstić information content (AvgIpc) is 3.09. The van der Waals surface area contributed by atoms with Crippen molar-refractivity contribution in [3.8, 4) is 0 Å². The van der Waals surface area contributed by atoms with Crippen molar-refractivity contribution in [1.29, 1.82) is 0 Å². The maximum Gasteiger partial charge on any atom is 0.229 e. The summed E-state index contributed by atoms with van der Waals surface area (Å²) in [6.07, 6.45) is 4.57. The highest BCUT2D eigenvalue weighted by Crippen LogP contribution is 2.37. The first-order valence-corrected chi connectivity index (χ1v) is 7.55. The maximum absolute atomic E-state index is 5.96. The molecule has 0 amide bonds. The van der Waals surface area contributed by atoms with Gasteiger partial charge in [-0.25, -0.2) is 0 Å². The lowest BCUT2D eigenvalue weighted by molar-refractivity contribution is -0.118. The molecule has 0 bridgehead atoms. The summed E-state index contributed by atoms with van der Waals surface area (Å²) in [4.78, 5) is 4.63. The Morgan fingerprint density at radius 1 is 1.35 bits per heavy atom. The van der Waals surface area contributed by atoms with Gasteiger partial charge in [0, 0.05) is 44.6 Å². The highest BCUT2D eigenvalue weighted by molar-refractivity contribution is 5.06. The first-order chi connectivity index (χ1) is 9.73. The van der Waals surface area contributed by atoms with Gasteiger partial charge >= 0.3 is 0 Å². The van der Waals surface area contributed by atoms with Crippen LogP contribution < -0.4 is 5.73 Å². The lowest BCUT2D eigenvalue weighted by atomic mass is 9.93. The molecule has 0 radical (unpaired) electrons. The Balaban J connectivity index is 1.79. The number of rotatable bonds is 4. The van der Waals surface area contributed by atoms with Crippen molar-refractivity contribution in [3.63, 3.8) is 0 Å². The molecule has 1 aromatic rings. The molecule has 0 aromatic carbocycles. The van der Waals surface area contributed by atoms with Gasteiger partial charge in [-0.3, -0.25) is 0 Å². The molecule has 0 unspecified atom stereocenters. The molecule has 2 atom stereocenters. The molecule has 3 rings (SSSR count). The fourth-order valence-corrected chi connectivity index (χ4v) is 3.24. The maximum atomic E-state index is 5.96. The molecule has 0 spiro atoms. The molecular formula is C14H23N3O3.